The van der Waals surface area contributed by atoms with E-state index in [1.54, 1.807) is 0 Å². The average molecular weight is 557 g/mol. The number of nitrogens with two attached hydrogens (primary N) is 1. The van der Waals surface area contributed by atoms with Gasteiger partial charge in [0.1, 0.15) is 0 Å². The molecule has 2 unspecified atom stereocenters. The minimum Gasteiger partial charge on any atom is -0.355 e. The Kier molecular flexibility index (Phi) is 4.51. The number of aromatic nitrogens is 1. The fourth-order valence-corrected chi connectivity index (χ4v) is 8.58. The first-order valence-electron chi connectivity index (χ1n) is 14.6. The van der Waals surface area contributed by atoms with Crippen LogP contribution in [-0.2, 0) is 0 Å². The molecule has 0 amide bonds. The van der Waals surface area contributed by atoms with Gasteiger partial charge in [0.05, 0.1) is 16.7 Å². The van der Waals surface area contributed by atoms with Gasteiger partial charge in [0.25, 0.3) is 0 Å². The van der Waals surface area contributed by atoms with Crippen molar-refractivity contribution in [2.75, 3.05) is 5.32 Å². The van der Waals surface area contributed by atoms with Crippen LogP contribution in [0, 0.1) is 0 Å². The Labute approximate surface area is 246 Å². The normalized spacial score (nSPS) is 17.1. The fourth-order valence-electron chi connectivity index (χ4n) is 7.43. The van der Waals surface area contributed by atoms with Crippen LogP contribution < -0.4 is 10.6 Å². The fraction of sp³-hybridized carbons (Fsp3) is 0.0526. The van der Waals surface area contributed by atoms with E-state index in [0.717, 1.165) is 0 Å². The quantitative estimate of drug-likeness (QED) is 0.204. The molecule has 0 fully saturated rings. The Morgan fingerprint density at radius 1 is 0.571 bits per heavy atom. The van der Waals surface area contributed by atoms with E-state index in [4.69, 9.17) is 0 Å². The smallest absolute Gasteiger partial charge is 0.162 e. The predicted octanol–water partition coefficient (Wildman–Crippen LogP) is 9.37. The van der Waals surface area contributed by atoms with Crippen LogP contribution in [0.2, 0.25) is 0 Å². The van der Waals surface area contributed by atoms with E-state index in [9.17, 15) is 0 Å². The maximum atomic E-state index is 3.99. The van der Waals surface area contributed by atoms with Gasteiger partial charge in [0, 0.05) is 42.6 Å². The molecule has 0 bridgehead atoms. The standard InChI is InChI=1S/C38H25N3S/c1-2-8-22(9-3-1)23-15-17-31-32(20-23)40-38-36(39-31)30-19-25(18-29-26-10-4-6-12-33(26)41(38)37(29)30)24-14-16-28-27-11-5-7-13-34(27)42-35(28)21-24/h1-21,36,38-40H/p+1. The second kappa shape index (κ2) is 8.32. The zero-order chi connectivity index (χ0) is 27.4. The van der Waals surface area contributed by atoms with E-state index in [0.29, 0.717) is 0 Å². The van der Waals surface area contributed by atoms with Gasteiger partial charge in [-0.15, -0.1) is 11.3 Å². The number of benzene rings is 6. The second-order valence-electron chi connectivity index (χ2n) is 11.6. The highest BCUT2D eigenvalue weighted by Crippen LogP contribution is 2.49. The average Bonchev–Trinajstić information content (AvgIpc) is 3.69. The molecular formula is C38H26N3S+. The van der Waals surface area contributed by atoms with Crippen LogP contribution in [0.4, 0.5) is 11.4 Å². The number of rotatable bonds is 2. The van der Waals surface area contributed by atoms with E-state index in [1.165, 1.54) is 81.2 Å². The molecular weight excluding hydrogens is 531 g/mol. The van der Waals surface area contributed by atoms with E-state index in [-0.39, 0.29) is 12.2 Å². The Morgan fingerprint density at radius 2 is 1.33 bits per heavy atom. The number of anilines is 1. The number of nitrogens with zero attached hydrogens (tertiary/aromatic N) is 1. The number of quaternary nitrogens is 1. The molecule has 0 radical (unpaired) electrons. The summed E-state index contributed by atoms with van der Waals surface area (Å²) in [4.78, 5) is 0. The Hall–Kier alpha value is -4.90. The van der Waals surface area contributed by atoms with Crippen LogP contribution in [0.5, 0.6) is 0 Å². The number of fused-ring (bicyclic) bond motifs is 10. The molecule has 0 spiro atoms. The molecule has 4 heterocycles. The highest BCUT2D eigenvalue weighted by molar-refractivity contribution is 7.25. The lowest BCUT2D eigenvalue weighted by atomic mass is 9.94. The third kappa shape index (κ3) is 3.08. The zero-order valence-electron chi connectivity index (χ0n) is 22.7. The minimum atomic E-state index is 0.140. The van der Waals surface area contributed by atoms with Gasteiger partial charge in [-0.25, -0.2) is 0 Å². The molecule has 8 aromatic rings. The molecule has 10 rings (SSSR count). The van der Waals surface area contributed by atoms with Crippen molar-refractivity contribution >= 4 is 64.7 Å². The monoisotopic (exact) mass is 556 g/mol. The Balaban J connectivity index is 1.16. The van der Waals surface area contributed by atoms with E-state index < -0.39 is 0 Å². The van der Waals surface area contributed by atoms with Gasteiger partial charge in [-0.05, 0) is 64.7 Å². The lowest BCUT2D eigenvalue weighted by Crippen LogP contribution is -2.82. The molecule has 6 aromatic carbocycles. The van der Waals surface area contributed by atoms with Crippen molar-refractivity contribution in [1.82, 2.24) is 4.57 Å². The lowest BCUT2D eigenvalue weighted by Gasteiger charge is -2.30. The highest BCUT2D eigenvalue weighted by atomic mass is 32.1. The van der Waals surface area contributed by atoms with Crippen molar-refractivity contribution in [2.45, 2.75) is 12.2 Å². The molecule has 42 heavy (non-hydrogen) atoms. The molecule has 0 saturated heterocycles. The molecule has 2 aromatic heterocycles. The zero-order valence-corrected chi connectivity index (χ0v) is 23.5. The van der Waals surface area contributed by atoms with Crippen LogP contribution in [-0.4, -0.2) is 4.57 Å². The van der Waals surface area contributed by atoms with Gasteiger partial charge >= 0.3 is 0 Å². The van der Waals surface area contributed by atoms with Crippen molar-refractivity contribution in [1.29, 1.82) is 0 Å². The van der Waals surface area contributed by atoms with Gasteiger partial charge in [-0.2, -0.15) is 0 Å². The maximum absolute atomic E-state index is 3.99. The van der Waals surface area contributed by atoms with E-state index in [2.05, 4.69) is 143 Å². The van der Waals surface area contributed by atoms with Crippen molar-refractivity contribution in [3.05, 3.63) is 133 Å². The van der Waals surface area contributed by atoms with Crippen molar-refractivity contribution in [3.63, 3.8) is 0 Å². The predicted molar refractivity (Wildman–Crippen MR) is 177 cm³/mol. The lowest BCUT2D eigenvalue weighted by molar-refractivity contribution is -0.624. The number of hydrogen-bond acceptors (Lipinski definition) is 2. The summed E-state index contributed by atoms with van der Waals surface area (Å²) in [6, 6.07) is 47.3. The van der Waals surface area contributed by atoms with Crippen molar-refractivity contribution in [3.8, 4) is 22.3 Å². The molecule has 3 nitrogen and oxygen atoms in total. The topological polar surface area (TPSA) is 33.6 Å². The van der Waals surface area contributed by atoms with E-state index in [1.807, 2.05) is 11.3 Å². The van der Waals surface area contributed by atoms with E-state index >= 15 is 0 Å². The molecule has 4 heteroatoms. The molecule has 3 N–H and O–H groups in total. The minimum absolute atomic E-state index is 0.140. The molecule has 198 valence electrons. The SMILES string of the molecule is c1ccc(-c2ccc3c(c2)NC2C([NH2+]3)c3cc(-c4ccc5c(c4)sc4ccccc45)cc4c5ccccc5n2c34)cc1. The maximum Gasteiger partial charge on any atom is 0.162 e. The summed E-state index contributed by atoms with van der Waals surface area (Å²) in [5.74, 6) is 0. The van der Waals surface area contributed by atoms with Gasteiger partial charge in [-0.3, -0.25) is 0 Å². The summed E-state index contributed by atoms with van der Waals surface area (Å²) in [5.41, 5.74) is 11.6. The van der Waals surface area contributed by atoms with Crippen LogP contribution >= 0.6 is 11.3 Å². The molecule has 0 aliphatic carbocycles. The number of hydrogen-bond donors (Lipinski definition) is 2. The first-order chi connectivity index (χ1) is 20.8. The van der Waals surface area contributed by atoms with Gasteiger partial charge < -0.3 is 15.2 Å². The molecule has 2 aliphatic rings. The molecule has 0 saturated carbocycles. The largest absolute Gasteiger partial charge is 0.355 e. The third-order valence-corrected chi connectivity index (χ3v) is 10.5. The number of para-hydroxylation sites is 1. The first-order valence-corrected chi connectivity index (χ1v) is 15.4. The highest BCUT2D eigenvalue weighted by Gasteiger charge is 2.43. The van der Waals surface area contributed by atoms with Gasteiger partial charge in [0.15, 0.2) is 17.9 Å². The number of thiophene rings is 1. The summed E-state index contributed by atoms with van der Waals surface area (Å²) in [7, 11) is 0. The molecule has 2 atom stereocenters. The Bertz CT molecular complexity index is 2380. The first kappa shape index (κ1) is 22.8. The summed E-state index contributed by atoms with van der Waals surface area (Å²) in [5, 5.41) is 11.8. The summed E-state index contributed by atoms with van der Waals surface area (Å²) in [6.07, 6.45) is 0.140. The summed E-state index contributed by atoms with van der Waals surface area (Å²) < 4.78 is 5.25. The summed E-state index contributed by atoms with van der Waals surface area (Å²) >= 11 is 1.89. The molecule has 2 aliphatic heterocycles. The van der Waals surface area contributed by atoms with Gasteiger partial charge in [0.2, 0.25) is 0 Å². The Morgan fingerprint density at radius 3 is 2.26 bits per heavy atom. The summed E-state index contributed by atoms with van der Waals surface area (Å²) in [6.45, 7) is 0. The number of nitrogens with one attached hydrogen (secondary N) is 1. The van der Waals surface area contributed by atoms with Crippen LogP contribution in [0.3, 0.4) is 0 Å². The van der Waals surface area contributed by atoms with Crippen molar-refractivity contribution < 1.29 is 5.32 Å². The van der Waals surface area contributed by atoms with Crippen LogP contribution in [0.25, 0.3) is 64.2 Å². The van der Waals surface area contributed by atoms with Crippen molar-refractivity contribution in [2.24, 2.45) is 0 Å². The van der Waals surface area contributed by atoms with Crippen LogP contribution in [0.1, 0.15) is 17.8 Å². The third-order valence-electron chi connectivity index (χ3n) is 9.35. The van der Waals surface area contributed by atoms with Gasteiger partial charge in [-0.1, -0.05) is 78.9 Å². The second-order valence-corrected chi connectivity index (χ2v) is 12.7. The van der Waals surface area contributed by atoms with Crippen LogP contribution in [0.15, 0.2) is 127 Å².